The van der Waals surface area contributed by atoms with Gasteiger partial charge in [0.1, 0.15) is 5.69 Å². The third-order valence-corrected chi connectivity index (χ3v) is 5.98. The molecule has 9 nitrogen and oxygen atoms in total. The maximum absolute atomic E-state index is 13.3. The second-order valence-corrected chi connectivity index (χ2v) is 7.55. The lowest BCUT2D eigenvalue weighted by molar-refractivity contribution is -0.123. The predicted molar refractivity (Wildman–Crippen MR) is 115 cm³/mol. The molecular weight excluding hydrogens is 414 g/mol. The molecule has 0 unspecified atom stereocenters. The molecule has 0 bridgehead atoms. The standard InChI is InChI=1S/C22H23N3O4.CH2O2/c1-3-6-18-22(15-7-4-5-8-16(15)24-21(22)28)11-12-25(18)19(26)17-10-9-14(13-23-17)20(27)29-2;2-1-3/h4-5,7-10,13,18H,3,6,11-12H2,1-2H3,(H,24,28);1H,(H,2,3)/t18-,22+;/m0./s1. The van der Waals surface area contributed by atoms with Crippen LogP contribution in [0.25, 0.3) is 0 Å². The number of rotatable bonds is 4. The highest BCUT2D eigenvalue weighted by Crippen LogP contribution is 2.49. The van der Waals surface area contributed by atoms with E-state index in [2.05, 4.69) is 22.0 Å². The number of hydrogen-bond acceptors (Lipinski definition) is 6. The van der Waals surface area contributed by atoms with Gasteiger partial charge in [-0.1, -0.05) is 31.5 Å². The number of amides is 2. The summed E-state index contributed by atoms with van der Waals surface area (Å²) in [5, 5.41) is 9.89. The summed E-state index contributed by atoms with van der Waals surface area (Å²) in [7, 11) is 1.30. The smallest absolute Gasteiger partial charge is 0.339 e. The molecule has 2 N–H and O–H groups in total. The highest BCUT2D eigenvalue weighted by Gasteiger charge is 2.58. The molecule has 4 rings (SSSR count). The van der Waals surface area contributed by atoms with E-state index in [1.165, 1.54) is 25.4 Å². The normalized spacial score (nSPS) is 20.8. The largest absolute Gasteiger partial charge is 0.483 e. The van der Waals surface area contributed by atoms with Crippen molar-refractivity contribution in [2.45, 2.75) is 37.6 Å². The van der Waals surface area contributed by atoms with Gasteiger partial charge in [0.2, 0.25) is 5.91 Å². The fraction of sp³-hybridized carbons (Fsp3) is 0.348. The lowest BCUT2D eigenvalue weighted by atomic mass is 9.73. The van der Waals surface area contributed by atoms with E-state index in [0.717, 1.165) is 17.7 Å². The molecule has 2 aliphatic heterocycles. The van der Waals surface area contributed by atoms with Crippen molar-refractivity contribution in [3.8, 4) is 0 Å². The first-order valence-corrected chi connectivity index (χ1v) is 10.3. The van der Waals surface area contributed by atoms with Gasteiger partial charge >= 0.3 is 5.97 Å². The van der Waals surface area contributed by atoms with Gasteiger partial charge in [-0.2, -0.15) is 0 Å². The van der Waals surface area contributed by atoms with Crippen molar-refractivity contribution in [2.75, 3.05) is 19.0 Å². The number of benzene rings is 1. The van der Waals surface area contributed by atoms with Crippen molar-refractivity contribution in [1.82, 2.24) is 9.88 Å². The molecule has 3 heterocycles. The number of hydrogen-bond donors (Lipinski definition) is 2. The Morgan fingerprint density at radius 1 is 1.31 bits per heavy atom. The molecule has 2 aromatic rings. The van der Waals surface area contributed by atoms with Crippen LogP contribution >= 0.6 is 0 Å². The Kier molecular flexibility index (Phi) is 6.87. The molecule has 0 aliphatic carbocycles. The fourth-order valence-electron chi connectivity index (χ4n) is 4.63. The number of carboxylic acid groups (broad SMARTS) is 1. The summed E-state index contributed by atoms with van der Waals surface area (Å²) in [4.78, 5) is 52.3. The van der Waals surface area contributed by atoms with Gasteiger partial charge in [-0.15, -0.1) is 0 Å². The topological polar surface area (TPSA) is 126 Å². The molecule has 2 amide bonds. The molecule has 32 heavy (non-hydrogen) atoms. The van der Waals surface area contributed by atoms with E-state index in [4.69, 9.17) is 9.90 Å². The number of methoxy groups -OCH3 is 1. The van der Waals surface area contributed by atoms with Crippen LogP contribution in [0.4, 0.5) is 5.69 Å². The van der Waals surface area contributed by atoms with Crippen LogP contribution in [0.15, 0.2) is 42.6 Å². The molecule has 2 aliphatic rings. The van der Waals surface area contributed by atoms with Crippen LogP contribution in [0.3, 0.4) is 0 Å². The molecule has 1 spiro atoms. The zero-order valence-electron chi connectivity index (χ0n) is 17.9. The highest BCUT2D eigenvalue weighted by molar-refractivity contribution is 6.08. The Labute approximate surface area is 185 Å². The van der Waals surface area contributed by atoms with Gasteiger partial charge in [-0.3, -0.25) is 19.4 Å². The highest BCUT2D eigenvalue weighted by atomic mass is 16.5. The second kappa shape index (κ2) is 9.59. The molecule has 1 fully saturated rings. The third-order valence-electron chi connectivity index (χ3n) is 5.98. The van der Waals surface area contributed by atoms with E-state index < -0.39 is 11.4 Å². The lowest BCUT2D eigenvalue weighted by Crippen LogP contribution is -2.48. The molecule has 2 atom stereocenters. The monoisotopic (exact) mass is 439 g/mol. The van der Waals surface area contributed by atoms with Gasteiger partial charge in [0, 0.05) is 18.4 Å². The Morgan fingerprint density at radius 3 is 2.66 bits per heavy atom. The van der Waals surface area contributed by atoms with Crippen LogP contribution in [0, 0.1) is 0 Å². The number of anilines is 1. The van der Waals surface area contributed by atoms with Crippen molar-refractivity contribution in [3.05, 3.63) is 59.4 Å². The molecule has 0 saturated carbocycles. The average molecular weight is 439 g/mol. The summed E-state index contributed by atoms with van der Waals surface area (Å²) in [6.45, 7) is 2.28. The summed E-state index contributed by atoms with van der Waals surface area (Å²) >= 11 is 0. The number of fused-ring (bicyclic) bond motifs is 2. The van der Waals surface area contributed by atoms with E-state index in [9.17, 15) is 14.4 Å². The van der Waals surface area contributed by atoms with Gasteiger partial charge in [-0.05, 0) is 36.6 Å². The summed E-state index contributed by atoms with van der Waals surface area (Å²) < 4.78 is 4.68. The van der Waals surface area contributed by atoms with Gasteiger partial charge in [0.15, 0.2) is 0 Å². The number of esters is 1. The number of para-hydroxylation sites is 1. The summed E-state index contributed by atoms with van der Waals surface area (Å²) in [5.74, 6) is -0.768. The number of nitrogens with zero attached hydrogens (tertiary/aromatic N) is 2. The number of pyridine rings is 1. The van der Waals surface area contributed by atoms with Crippen LogP contribution < -0.4 is 5.32 Å². The van der Waals surface area contributed by atoms with Gasteiger partial charge in [0.05, 0.1) is 24.1 Å². The zero-order chi connectivity index (χ0) is 23.3. The number of carbonyl (C=O) groups excluding carboxylic acids is 3. The van der Waals surface area contributed by atoms with Crippen molar-refractivity contribution in [3.63, 3.8) is 0 Å². The minimum Gasteiger partial charge on any atom is -0.483 e. The van der Waals surface area contributed by atoms with Gasteiger partial charge in [0.25, 0.3) is 12.4 Å². The first-order valence-electron chi connectivity index (χ1n) is 10.3. The first-order chi connectivity index (χ1) is 15.4. The summed E-state index contributed by atoms with van der Waals surface area (Å²) in [6.07, 6.45) is 3.48. The molecule has 1 saturated heterocycles. The number of carbonyl (C=O) groups is 4. The average Bonchev–Trinajstić information content (AvgIpc) is 3.32. The minimum atomic E-state index is -0.728. The van der Waals surface area contributed by atoms with Crippen molar-refractivity contribution in [2.24, 2.45) is 0 Å². The van der Waals surface area contributed by atoms with E-state index >= 15 is 0 Å². The molecule has 9 heteroatoms. The lowest BCUT2D eigenvalue weighted by Gasteiger charge is -2.33. The van der Waals surface area contributed by atoms with E-state index in [1.54, 1.807) is 4.90 Å². The van der Waals surface area contributed by atoms with Crippen molar-refractivity contribution in [1.29, 1.82) is 0 Å². The van der Waals surface area contributed by atoms with Crippen LogP contribution in [0.5, 0.6) is 0 Å². The molecule has 1 aromatic carbocycles. The third kappa shape index (κ3) is 3.81. The molecule has 0 radical (unpaired) electrons. The Balaban J connectivity index is 0.000000913. The van der Waals surface area contributed by atoms with Gasteiger partial charge < -0.3 is 20.1 Å². The number of likely N-dealkylation sites (tertiary alicyclic amines) is 1. The fourth-order valence-corrected chi connectivity index (χ4v) is 4.63. The Hall–Kier alpha value is -3.75. The number of ether oxygens (including phenoxy) is 1. The van der Waals surface area contributed by atoms with E-state index in [0.29, 0.717) is 19.4 Å². The molecule has 1 aromatic heterocycles. The first kappa shape index (κ1) is 22.9. The second-order valence-electron chi connectivity index (χ2n) is 7.55. The zero-order valence-corrected chi connectivity index (χ0v) is 17.9. The summed E-state index contributed by atoms with van der Waals surface area (Å²) in [6, 6.07) is 10.5. The summed E-state index contributed by atoms with van der Waals surface area (Å²) in [5.41, 5.74) is 1.61. The maximum Gasteiger partial charge on any atom is 0.339 e. The molecular formula is C23H25N3O6. The van der Waals surface area contributed by atoms with Crippen LogP contribution in [-0.2, 0) is 19.7 Å². The molecule has 168 valence electrons. The Bertz CT molecular complexity index is 1020. The maximum atomic E-state index is 13.3. The number of aromatic nitrogens is 1. The van der Waals surface area contributed by atoms with Crippen LogP contribution in [-0.4, -0.2) is 58.9 Å². The van der Waals surface area contributed by atoms with Crippen LogP contribution in [0.1, 0.15) is 52.6 Å². The number of nitrogens with one attached hydrogen (secondary N) is 1. The van der Waals surface area contributed by atoms with Crippen molar-refractivity contribution >= 4 is 29.9 Å². The van der Waals surface area contributed by atoms with E-state index in [1.807, 2.05) is 24.3 Å². The van der Waals surface area contributed by atoms with Crippen molar-refractivity contribution < 1.29 is 29.0 Å². The predicted octanol–water partition coefficient (Wildman–Crippen LogP) is 2.47. The Morgan fingerprint density at radius 2 is 2.03 bits per heavy atom. The quantitative estimate of drug-likeness (QED) is 0.554. The van der Waals surface area contributed by atoms with Crippen LogP contribution in [0.2, 0.25) is 0 Å². The SMILES string of the molecule is CCC[C@@H]1N(C(=O)c2ccc(C(=O)OC)cn2)CC[C@]12C(=O)Nc1ccccc12.O=CO. The van der Waals surface area contributed by atoms with Gasteiger partial charge in [-0.25, -0.2) is 4.79 Å². The van der Waals surface area contributed by atoms with E-state index in [-0.39, 0.29) is 35.6 Å². The minimum absolute atomic E-state index is 0.0403.